The van der Waals surface area contributed by atoms with Crippen molar-refractivity contribution < 1.29 is 9.90 Å². The number of thioether (sulfide) groups is 1. The molecule has 58 valence electrons. The molecule has 2 atom stereocenters. The molecule has 2 nitrogen and oxygen atoms in total. The molecule has 10 heavy (non-hydrogen) atoms. The molecule has 0 aromatic rings. The fourth-order valence-electron chi connectivity index (χ4n) is 1.15. The number of rotatable bonds is 2. The van der Waals surface area contributed by atoms with Crippen LogP contribution in [0.4, 0.5) is 0 Å². The number of aliphatic hydroxyl groups excluding tert-OH is 1. The molecule has 1 fully saturated rings. The van der Waals surface area contributed by atoms with Crippen molar-refractivity contribution in [3.05, 3.63) is 0 Å². The molecular weight excluding hydrogens is 148 g/mol. The molecule has 0 saturated carbocycles. The molecule has 0 bridgehead atoms. The first-order valence-corrected chi connectivity index (χ1v) is 4.61. The first-order chi connectivity index (χ1) is 4.70. The Hall–Kier alpha value is -0.0200. The fraction of sp³-hybridized carbons (Fsp3) is 0.857. The van der Waals surface area contributed by atoms with Crippen LogP contribution in [-0.4, -0.2) is 28.5 Å². The molecule has 0 radical (unpaired) electrons. The Kier molecular flexibility index (Phi) is 2.74. The van der Waals surface area contributed by atoms with Crippen LogP contribution in [0.1, 0.15) is 13.3 Å². The average molecular weight is 160 g/mol. The quantitative estimate of drug-likeness (QED) is 0.645. The molecule has 1 aliphatic rings. The van der Waals surface area contributed by atoms with Gasteiger partial charge in [0.15, 0.2) is 0 Å². The van der Waals surface area contributed by atoms with Crippen LogP contribution in [0.25, 0.3) is 0 Å². The summed E-state index contributed by atoms with van der Waals surface area (Å²) in [6.45, 7) is 1.58. The van der Waals surface area contributed by atoms with Crippen molar-refractivity contribution in [3.8, 4) is 0 Å². The van der Waals surface area contributed by atoms with Gasteiger partial charge in [0, 0.05) is 18.1 Å². The van der Waals surface area contributed by atoms with Crippen LogP contribution in [0.3, 0.4) is 0 Å². The van der Waals surface area contributed by atoms with Crippen LogP contribution in [0, 0.1) is 5.92 Å². The lowest BCUT2D eigenvalue weighted by Gasteiger charge is -2.09. The van der Waals surface area contributed by atoms with Crippen molar-refractivity contribution in [1.82, 2.24) is 0 Å². The van der Waals surface area contributed by atoms with Crippen molar-refractivity contribution in [2.45, 2.75) is 19.4 Å². The SMILES string of the molecule is CC(=O)CC1CSCC1O. The standard InChI is InChI=1S/C7H12O2S/c1-5(8)2-6-3-10-4-7(6)9/h6-7,9H,2-4H2,1H3. The van der Waals surface area contributed by atoms with Crippen molar-refractivity contribution in [2.75, 3.05) is 11.5 Å². The predicted octanol–water partition coefficient (Wildman–Crippen LogP) is 0.689. The first kappa shape index (κ1) is 8.08. The van der Waals surface area contributed by atoms with Crippen molar-refractivity contribution in [1.29, 1.82) is 0 Å². The molecule has 0 amide bonds. The molecule has 1 aliphatic heterocycles. The molecule has 2 unspecified atom stereocenters. The lowest BCUT2D eigenvalue weighted by molar-refractivity contribution is -0.118. The summed E-state index contributed by atoms with van der Waals surface area (Å²) in [6, 6.07) is 0. The van der Waals surface area contributed by atoms with Gasteiger partial charge in [-0.3, -0.25) is 0 Å². The third-order valence-corrected chi connectivity index (χ3v) is 2.96. The van der Waals surface area contributed by atoms with E-state index in [0.29, 0.717) is 6.42 Å². The third-order valence-electron chi connectivity index (χ3n) is 1.71. The van der Waals surface area contributed by atoms with E-state index in [0.717, 1.165) is 11.5 Å². The zero-order chi connectivity index (χ0) is 7.56. The highest BCUT2D eigenvalue weighted by Gasteiger charge is 2.26. The summed E-state index contributed by atoms with van der Waals surface area (Å²) in [4.78, 5) is 10.6. The second kappa shape index (κ2) is 3.39. The summed E-state index contributed by atoms with van der Waals surface area (Å²) < 4.78 is 0. The molecule has 0 spiro atoms. The molecule has 1 saturated heterocycles. The number of carbonyl (C=O) groups excluding carboxylic acids is 1. The van der Waals surface area contributed by atoms with E-state index in [-0.39, 0.29) is 17.8 Å². The summed E-state index contributed by atoms with van der Waals surface area (Å²) in [6.07, 6.45) is 0.308. The van der Waals surface area contributed by atoms with Crippen LogP contribution < -0.4 is 0 Å². The number of hydrogen-bond donors (Lipinski definition) is 1. The largest absolute Gasteiger partial charge is 0.392 e. The van der Waals surface area contributed by atoms with Gasteiger partial charge in [0.1, 0.15) is 5.78 Å². The first-order valence-electron chi connectivity index (χ1n) is 3.45. The monoisotopic (exact) mass is 160 g/mol. The van der Waals surface area contributed by atoms with Gasteiger partial charge in [0.25, 0.3) is 0 Å². The highest BCUT2D eigenvalue weighted by Crippen LogP contribution is 2.26. The van der Waals surface area contributed by atoms with E-state index in [2.05, 4.69) is 0 Å². The maximum absolute atomic E-state index is 10.6. The Balaban J connectivity index is 2.33. The van der Waals surface area contributed by atoms with Gasteiger partial charge < -0.3 is 9.90 Å². The van der Waals surface area contributed by atoms with Crippen LogP contribution >= 0.6 is 11.8 Å². The molecule has 3 heteroatoms. The van der Waals surface area contributed by atoms with Gasteiger partial charge >= 0.3 is 0 Å². The van der Waals surface area contributed by atoms with Gasteiger partial charge in [0.2, 0.25) is 0 Å². The normalized spacial score (nSPS) is 32.6. The molecule has 0 aliphatic carbocycles. The Morgan fingerprint density at radius 1 is 1.70 bits per heavy atom. The molecule has 0 aromatic heterocycles. The second-order valence-electron chi connectivity index (χ2n) is 2.77. The molecular formula is C7H12O2S. The highest BCUT2D eigenvalue weighted by molar-refractivity contribution is 7.99. The number of aliphatic hydroxyl groups is 1. The van der Waals surface area contributed by atoms with E-state index in [1.54, 1.807) is 18.7 Å². The minimum absolute atomic E-state index is 0.187. The van der Waals surface area contributed by atoms with Gasteiger partial charge in [-0.2, -0.15) is 11.8 Å². The number of Topliss-reactive ketones (excluding diaryl/α,β-unsaturated/α-hetero) is 1. The summed E-state index contributed by atoms with van der Waals surface area (Å²) in [7, 11) is 0. The zero-order valence-corrected chi connectivity index (χ0v) is 6.86. The summed E-state index contributed by atoms with van der Waals surface area (Å²) in [5.41, 5.74) is 0. The van der Waals surface area contributed by atoms with Crippen LogP contribution in [0.5, 0.6) is 0 Å². The Morgan fingerprint density at radius 2 is 2.40 bits per heavy atom. The summed E-state index contributed by atoms with van der Waals surface area (Å²) in [5, 5.41) is 9.26. The second-order valence-corrected chi connectivity index (χ2v) is 3.85. The predicted molar refractivity (Wildman–Crippen MR) is 42.1 cm³/mol. The van der Waals surface area contributed by atoms with Crippen LogP contribution in [-0.2, 0) is 4.79 Å². The average Bonchev–Trinajstić information content (AvgIpc) is 2.15. The fourth-order valence-corrected chi connectivity index (χ4v) is 2.44. The van der Waals surface area contributed by atoms with E-state index in [9.17, 15) is 9.90 Å². The molecule has 0 aromatic carbocycles. The Morgan fingerprint density at radius 3 is 2.80 bits per heavy atom. The summed E-state index contributed by atoms with van der Waals surface area (Å²) >= 11 is 1.73. The van der Waals surface area contributed by atoms with Crippen LogP contribution in [0.2, 0.25) is 0 Å². The van der Waals surface area contributed by atoms with Crippen molar-refractivity contribution >= 4 is 17.5 Å². The van der Waals surface area contributed by atoms with E-state index in [1.165, 1.54) is 0 Å². The van der Waals surface area contributed by atoms with Gasteiger partial charge in [-0.1, -0.05) is 0 Å². The van der Waals surface area contributed by atoms with E-state index in [1.807, 2.05) is 0 Å². The number of ketones is 1. The van der Waals surface area contributed by atoms with Gasteiger partial charge in [-0.25, -0.2) is 0 Å². The van der Waals surface area contributed by atoms with Crippen LogP contribution in [0.15, 0.2) is 0 Å². The van der Waals surface area contributed by atoms with Gasteiger partial charge in [-0.15, -0.1) is 0 Å². The van der Waals surface area contributed by atoms with Gasteiger partial charge in [0.05, 0.1) is 6.10 Å². The molecule has 1 rings (SSSR count). The summed E-state index contributed by atoms with van der Waals surface area (Å²) in [5.74, 6) is 2.16. The topological polar surface area (TPSA) is 37.3 Å². The Labute approximate surface area is 65.0 Å². The third kappa shape index (κ3) is 1.99. The number of hydrogen-bond acceptors (Lipinski definition) is 3. The molecule has 1 heterocycles. The van der Waals surface area contributed by atoms with E-state index >= 15 is 0 Å². The van der Waals surface area contributed by atoms with Crippen molar-refractivity contribution in [2.24, 2.45) is 5.92 Å². The minimum Gasteiger partial charge on any atom is -0.392 e. The zero-order valence-electron chi connectivity index (χ0n) is 6.04. The minimum atomic E-state index is -0.242. The maximum atomic E-state index is 10.6. The highest BCUT2D eigenvalue weighted by atomic mass is 32.2. The van der Waals surface area contributed by atoms with E-state index in [4.69, 9.17) is 0 Å². The van der Waals surface area contributed by atoms with E-state index < -0.39 is 0 Å². The van der Waals surface area contributed by atoms with Gasteiger partial charge in [-0.05, 0) is 12.7 Å². The number of carbonyl (C=O) groups is 1. The van der Waals surface area contributed by atoms with Crippen molar-refractivity contribution in [3.63, 3.8) is 0 Å². The molecule has 1 N–H and O–H groups in total. The smallest absolute Gasteiger partial charge is 0.130 e. The lowest BCUT2D eigenvalue weighted by atomic mass is 10.0. The maximum Gasteiger partial charge on any atom is 0.130 e. The Bertz CT molecular complexity index is 136. The lowest BCUT2D eigenvalue weighted by Crippen LogP contribution is -2.19.